The van der Waals surface area contributed by atoms with Crippen LogP contribution >= 0.6 is 0 Å². The van der Waals surface area contributed by atoms with Crippen LogP contribution in [-0.4, -0.2) is 29.2 Å². The van der Waals surface area contributed by atoms with Gasteiger partial charge in [0.05, 0.1) is 17.1 Å². The topological polar surface area (TPSA) is 69.8 Å². The molecular formula is C17H22N4O. The molecule has 0 radical (unpaired) electrons. The van der Waals surface area contributed by atoms with Gasteiger partial charge in [-0.3, -0.25) is 9.89 Å². The van der Waals surface area contributed by atoms with Gasteiger partial charge < -0.3 is 10.6 Å². The first-order valence-corrected chi connectivity index (χ1v) is 7.76. The highest BCUT2D eigenvalue weighted by Crippen LogP contribution is 2.19. The molecule has 1 aliphatic heterocycles. The minimum atomic E-state index is -0.0843. The van der Waals surface area contributed by atoms with E-state index in [0.29, 0.717) is 11.5 Å². The molecule has 1 aliphatic rings. The number of H-pyrrole nitrogens is 1. The number of nitrogens with one attached hydrogen (secondary N) is 3. The van der Waals surface area contributed by atoms with Crippen molar-refractivity contribution in [3.8, 4) is 0 Å². The van der Waals surface area contributed by atoms with E-state index in [1.807, 2.05) is 32.0 Å². The van der Waals surface area contributed by atoms with E-state index in [1.165, 1.54) is 12.0 Å². The molecule has 1 atom stereocenters. The van der Waals surface area contributed by atoms with Gasteiger partial charge in [-0.05, 0) is 63.4 Å². The first-order valence-electron chi connectivity index (χ1n) is 7.76. The van der Waals surface area contributed by atoms with Gasteiger partial charge in [0.25, 0.3) is 5.91 Å². The average Bonchev–Trinajstić information content (AvgIpc) is 3.12. The molecule has 1 aromatic carbocycles. The number of anilines is 1. The molecule has 1 aromatic heterocycles. The van der Waals surface area contributed by atoms with E-state index < -0.39 is 0 Å². The van der Waals surface area contributed by atoms with Crippen LogP contribution in [0.4, 0.5) is 5.69 Å². The van der Waals surface area contributed by atoms with E-state index in [4.69, 9.17) is 0 Å². The zero-order valence-corrected chi connectivity index (χ0v) is 13.1. The number of aromatic amines is 1. The Hall–Kier alpha value is -2.14. The van der Waals surface area contributed by atoms with Crippen molar-refractivity contribution in [2.45, 2.75) is 26.7 Å². The van der Waals surface area contributed by atoms with Crippen molar-refractivity contribution in [2.24, 2.45) is 5.92 Å². The molecule has 0 aliphatic carbocycles. The zero-order chi connectivity index (χ0) is 15.5. The van der Waals surface area contributed by atoms with Crippen LogP contribution in [0, 0.1) is 19.8 Å². The van der Waals surface area contributed by atoms with Gasteiger partial charge in [0.15, 0.2) is 0 Å². The molecule has 2 heterocycles. The van der Waals surface area contributed by atoms with Crippen molar-refractivity contribution in [1.29, 1.82) is 0 Å². The van der Waals surface area contributed by atoms with Gasteiger partial charge in [-0.2, -0.15) is 5.10 Å². The third-order valence-electron chi connectivity index (χ3n) is 4.24. The average molecular weight is 298 g/mol. The van der Waals surface area contributed by atoms with Gasteiger partial charge in [0.1, 0.15) is 0 Å². The Labute approximate surface area is 130 Å². The van der Waals surface area contributed by atoms with Gasteiger partial charge in [-0.15, -0.1) is 0 Å². The lowest BCUT2D eigenvalue weighted by molar-refractivity contribution is 0.102. The molecule has 0 spiro atoms. The number of rotatable bonds is 4. The summed E-state index contributed by atoms with van der Waals surface area (Å²) in [4.78, 5) is 12.4. The van der Waals surface area contributed by atoms with Crippen LogP contribution in [-0.2, 0) is 6.42 Å². The number of hydrogen-bond acceptors (Lipinski definition) is 3. The molecule has 5 nitrogen and oxygen atoms in total. The number of nitrogens with zero attached hydrogens (tertiary/aromatic N) is 1. The predicted molar refractivity (Wildman–Crippen MR) is 87.1 cm³/mol. The monoisotopic (exact) mass is 298 g/mol. The smallest absolute Gasteiger partial charge is 0.255 e. The summed E-state index contributed by atoms with van der Waals surface area (Å²) in [6.07, 6.45) is 2.24. The van der Waals surface area contributed by atoms with Crippen LogP contribution in [0.3, 0.4) is 0 Å². The Balaban J connectivity index is 1.72. The summed E-state index contributed by atoms with van der Waals surface area (Å²) in [5.41, 5.74) is 4.37. The largest absolute Gasteiger partial charge is 0.319 e. The van der Waals surface area contributed by atoms with Crippen LogP contribution in [0.25, 0.3) is 0 Å². The second-order valence-electron chi connectivity index (χ2n) is 6.03. The van der Waals surface area contributed by atoms with Crippen molar-refractivity contribution >= 4 is 11.6 Å². The minimum absolute atomic E-state index is 0.0843. The molecule has 5 heteroatoms. The summed E-state index contributed by atoms with van der Waals surface area (Å²) in [6, 6.07) is 7.92. The lowest BCUT2D eigenvalue weighted by atomic mass is 9.97. The van der Waals surface area contributed by atoms with Crippen molar-refractivity contribution in [3.05, 3.63) is 46.8 Å². The van der Waals surface area contributed by atoms with Gasteiger partial charge in [0.2, 0.25) is 0 Å². The van der Waals surface area contributed by atoms with Gasteiger partial charge >= 0.3 is 0 Å². The SMILES string of the molecule is Cc1n[nH]c(C)c1NC(=O)c1cccc(CC2CCNC2)c1. The van der Waals surface area contributed by atoms with Crippen LogP contribution in [0.15, 0.2) is 24.3 Å². The molecule has 1 saturated heterocycles. The molecule has 22 heavy (non-hydrogen) atoms. The lowest BCUT2D eigenvalue weighted by Crippen LogP contribution is -2.14. The number of carbonyl (C=O) groups excluding carboxylic acids is 1. The second-order valence-corrected chi connectivity index (χ2v) is 6.03. The Morgan fingerprint density at radius 1 is 1.41 bits per heavy atom. The van der Waals surface area contributed by atoms with E-state index in [2.05, 4.69) is 26.9 Å². The Kier molecular flexibility index (Phi) is 4.24. The van der Waals surface area contributed by atoms with E-state index in [0.717, 1.165) is 36.6 Å². The second kappa shape index (κ2) is 6.32. The van der Waals surface area contributed by atoms with Crippen LogP contribution < -0.4 is 10.6 Å². The summed E-state index contributed by atoms with van der Waals surface area (Å²) in [5.74, 6) is 0.593. The fourth-order valence-corrected chi connectivity index (χ4v) is 2.98. The standard InChI is InChI=1S/C17H22N4O/c1-11-16(12(2)21-20-11)19-17(22)15-5-3-4-13(9-15)8-14-6-7-18-10-14/h3-5,9,14,18H,6-8,10H2,1-2H3,(H,19,22)(H,20,21). The normalized spacial score (nSPS) is 17.6. The summed E-state index contributed by atoms with van der Waals surface area (Å²) in [7, 11) is 0. The third-order valence-corrected chi connectivity index (χ3v) is 4.24. The molecular weight excluding hydrogens is 276 g/mol. The highest BCUT2D eigenvalue weighted by molar-refractivity contribution is 6.04. The first-order chi connectivity index (χ1) is 10.6. The van der Waals surface area contributed by atoms with Crippen molar-refractivity contribution in [1.82, 2.24) is 15.5 Å². The van der Waals surface area contributed by atoms with E-state index >= 15 is 0 Å². The maximum absolute atomic E-state index is 12.4. The molecule has 1 fully saturated rings. The summed E-state index contributed by atoms with van der Waals surface area (Å²) >= 11 is 0. The molecule has 0 bridgehead atoms. The van der Waals surface area contributed by atoms with Crippen molar-refractivity contribution in [2.75, 3.05) is 18.4 Å². The Morgan fingerprint density at radius 2 is 2.27 bits per heavy atom. The fraction of sp³-hybridized carbons (Fsp3) is 0.412. The van der Waals surface area contributed by atoms with E-state index in [-0.39, 0.29) is 5.91 Å². The van der Waals surface area contributed by atoms with Crippen LogP contribution in [0.1, 0.15) is 33.7 Å². The lowest BCUT2D eigenvalue weighted by Gasteiger charge is -2.10. The zero-order valence-electron chi connectivity index (χ0n) is 13.1. The highest BCUT2D eigenvalue weighted by atomic mass is 16.1. The number of amides is 1. The van der Waals surface area contributed by atoms with Crippen molar-refractivity contribution in [3.63, 3.8) is 0 Å². The summed E-state index contributed by atoms with van der Waals surface area (Å²) in [6.45, 7) is 5.95. The maximum Gasteiger partial charge on any atom is 0.255 e. The molecule has 1 unspecified atom stereocenters. The van der Waals surface area contributed by atoms with Crippen molar-refractivity contribution < 1.29 is 4.79 Å². The number of aromatic nitrogens is 2. The first kappa shape index (κ1) is 14.8. The Morgan fingerprint density at radius 3 is 2.95 bits per heavy atom. The summed E-state index contributed by atoms with van der Waals surface area (Å²) in [5, 5.41) is 13.3. The number of carbonyl (C=O) groups is 1. The van der Waals surface area contributed by atoms with Crippen LogP contribution in [0.2, 0.25) is 0 Å². The fourth-order valence-electron chi connectivity index (χ4n) is 2.98. The molecule has 3 N–H and O–H groups in total. The Bertz CT molecular complexity index is 652. The van der Waals surface area contributed by atoms with Crippen LogP contribution in [0.5, 0.6) is 0 Å². The molecule has 0 saturated carbocycles. The summed E-state index contributed by atoms with van der Waals surface area (Å²) < 4.78 is 0. The quantitative estimate of drug-likeness (QED) is 0.812. The predicted octanol–water partition coefficient (Wildman–Crippen LogP) is 2.43. The number of hydrogen-bond donors (Lipinski definition) is 3. The van der Waals surface area contributed by atoms with E-state index in [1.54, 1.807) is 0 Å². The highest BCUT2D eigenvalue weighted by Gasteiger charge is 2.16. The third kappa shape index (κ3) is 3.20. The van der Waals surface area contributed by atoms with Gasteiger partial charge in [-0.1, -0.05) is 12.1 Å². The molecule has 2 aromatic rings. The number of aryl methyl sites for hydroxylation is 2. The van der Waals surface area contributed by atoms with Gasteiger partial charge in [0, 0.05) is 5.56 Å². The molecule has 1 amide bonds. The van der Waals surface area contributed by atoms with E-state index in [9.17, 15) is 4.79 Å². The minimum Gasteiger partial charge on any atom is -0.319 e. The number of benzene rings is 1. The molecule has 116 valence electrons. The van der Waals surface area contributed by atoms with Gasteiger partial charge in [-0.25, -0.2) is 0 Å². The maximum atomic E-state index is 12.4. The molecule has 3 rings (SSSR count).